The van der Waals surface area contributed by atoms with E-state index in [1.165, 1.54) is 24.3 Å². The number of thioether (sulfide) groups is 1. The van der Waals surface area contributed by atoms with Gasteiger partial charge < -0.3 is 30.8 Å². The van der Waals surface area contributed by atoms with E-state index in [-0.39, 0.29) is 12.2 Å². The number of aromatic nitrogens is 2. The average molecular weight is 658 g/mol. The second-order valence-corrected chi connectivity index (χ2v) is 13.0. The number of aromatic amines is 1. The molecule has 0 aliphatic carbocycles. The fourth-order valence-electron chi connectivity index (χ4n) is 4.96. The molecule has 11 nitrogen and oxygen atoms in total. The summed E-state index contributed by atoms with van der Waals surface area (Å²) in [5.74, 6) is -2.49. The molecule has 0 unspecified atom stereocenters. The van der Waals surface area contributed by atoms with E-state index >= 15 is 0 Å². The maximum absolute atomic E-state index is 13.6. The number of benzene rings is 3. The number of hydrogen-bond donors (Lipinski definition) is 5. The predicted molar refractivity (Wildman–Crippen MR) is 180 cm³/mol. The Hall–Kier alpha value is -5.10. The van der Waals surface area contributed by atoms with Gasteiger partial charge in [0.1, 0.15) is 17.7 Å². The van der Waals surface area contributed by atoms with E-state index in [1.54, 1.807) is 20.8 Å². The fraction of sp³-hybridized carbons (Fsp3) is 0.286. The molecule has 0 bridgehead atoms. The van der Waals surface area contributed by atoms with Crippen molar-refractivity contribution in [1.82, 2.24) is 25.9 Å². The largest absolute Gasteiger partial charge is 0.480 e. The number of alkyl carbamates (subject to hydrolysis) is 1. The average Bonchev–Trinajstić information content (AvgIpc) is 3.57. The highest BCUT2D eigenvalue weighted by molar-refractivity contribution is 8.00. The molecule has 0 aliphatic rings. The minimum Gasteiger partial charge on any atom is -0.480 e. The summed E-state index contributed by atoms with van der Waals surface area (Å²) in [6, 6.07) is 27.3. The number of nitrogens with zero attached hydrogens (tertiary/aromatic N) is 1. The molecular weight excluding hydrogens is 618 g/mol. The molecule has 3 aromatic carbocycles. The zero-order valence-corrected chi connectivity index (χ0v) is 27.3. The highest BCUT2D eigenvalue weighted by Crippen LogP contribution is 2.48. The van der Waals surface area contributed by atoms with Crippen LogP contribution in [0.5, 0.6) is 0 Å². The minimum absolute atomic E-state index is 0.0188. The fourth-order valence-corrected chi connectivity index (χ4v) is 6.52. The lowest BCUT2D eigenvalue weighted by Gasteiger charge is -2.36. The van der Waals surface area contributed by atoms with Crippen molar-refractivity contribution in [1.29, 1.82) is 0 Å². The van der Waals surface area contributed by atoms with E-state index in [0.717, 1.165) is 16.7 Å². The van der Waals surface area contributed by atoms with E-state index in [1.807, 2.05) is 91.0 Å². The van der Waals surface area contributed by atoms with Gasteiger partial charge in [0.25, 0.3) is 0 Å². The molecule has 0 fully saturated rings. The molecule has 4 aromatic rings. The summed E-state index contributed by atoms with van der Waals surface area (Å²) in [6.45, 7) is 4.64. The van der Waals surface area contributed by atoms with Crippen LogP contribution in [0.1, 0.15) is 43.2 Å². The van der Waals surface area contributed by atoms with E-state index < -0.39 is 52.9 Å². The highest BCUT2D eigenvalue weighted by atomic mass is 32.2. The van der Waals surface area contributed by atoms with Crippen LogP contribution in [0.2, 0.25) is 0 Å². The molecule has 0 aliphatic heterocycles. The van der Waals surface area contributed by atoms with E-state index in [0.29, 0.717) is 5.69 Å². The number of carboxylic acid groups (broad SMARTS) is 1. The monoisotopic (exact) mass is 657 g/mol. The van der Waals surface area contributed by atoms with Crippen LogP contribution in [0.15, 0.2) is 104 Å². The smallest absolute Gasteiger partial charge is 0.408 e. The second-order valence-electron chi connectivity index (χ2n) is 11.7. The third kappa shape index (κ3) is 9.69. The Bertz CT molecular complexity index is 1520. The van der Waals surface area contributed by atoms with Gasteiger partial charge in [-0.2, -0.15) is 0 Å². The van der Waals surface area contributed by atoms with Crippen LogP contribution in [0.25, 0.3) is 0 Å². The van der Waals surface area contributed by atoms with Crippen LogP contribution < -0.4 is 16.0 Å². The van der Waals surface area contributed by atoms with Crippen molar-refractivity contribution in [2.24, 2.45) is 0 Å². The Labute approximate surface area is 277 Å². The molecule has 4 rings (SSSR count). The van der Waals surface area contributed by atoms with Gasteiger partial charge >= 0.3 is 12.1 Å². The maximum Gasteiger partial charge on any atom is 0.408 e. The van der Waals surface area contributed by atoms with Crippen molar-refractivity contribution in [3.05, 3.63) is 126 Å². The van der Waals surface area contributed by atoms with Crippen LogP contribution in [-0.4, -0.2) is 68.9 Å². The molecule has 0 saturated heterocycles. The minimum atomic E-state index is -1.24. The summed E-state index contributed by atoms with van der Waals surface area (Å²) in [5, 5.41) is 17.3. The van der Waals surface area contributed by atoms with Gasteiger partial charge in [-0.1, -0.05) is 91.0 Å². The lowest BCUT2D eigenvalue weighted by molar-refractivity contribution is -0.141. The number of nitrogens with one attached hydrogen (secondary N) is 4. The van der Waals surface area contributed by atoms with Crippen molar-refractivity contribution < 1.29 is 29.0 Å². The first-order valence-electron chi connectivity index (χ1n) is 15.0. The van der Waals surface area contributed by atoms with Crippen molar-refractivity contribution in [2.45, 2.75) is 49.6 Å². The number of ether oxygens (including phenoxy) is 1. The van der Waals surface area contributed by atoms with Gasteiger partial charge in [0.2, 0.25) is 11.8 Å². The molecule has 1 heterocycles. The van der Waals surface area contributed by atoms with Crippen molar-refractivity contribution in [3.63, 3.8) is 0 Å². The molecule has 12 heteroatoms. The summed E-state index contributed by atoms with van der Waals surface area (Å²) in [5.41, 5.74) is 2.61. The van der Waals surface area contributed by atoms with E-state index in [2.05, 4.69) is 25.9 Å². The lowest BCUT2D eigenvalue weighted by Crippen LogP contribution is -2.53. The first kappa shape index (κ1) is 34.8. The predicted octanol–water partition coefficient (Wildman–Crippen LogP) is 4.26. The summed E-state index contributed by atoms with van der Waals surface area (Å²) >= 11 is 1.46. The Balaban J connectivity index is 1.59. The number of aliphatic carboxylic acids is 1. The van der Waals surface area contributed by atoms with Crippen LogP contribution in [-0.2, 0) is 30.3 Å². The van der Waals surface area contributed by atoms with Gasteiger partial charge in [0.05, 0.1) is 17.6 Å². The third-order valence-corrected chi connectivity index (χ3v) is 8.69. The number of carbonyl (C=O) groups is 4. The van der Waals surface area contributed by atoms with Crippen molar-refractivity contribution >= 4 is 35.6 Å². The van der Waals surface area contributed by atoms with Gasteiger partial charge in [0, 0.05) is 24.1 Å². The Kier molecular flexibility index (Phi) is 11.8. The Morgan fingerprint density at radius 3 is 1.81 bits per heavy atom. The summed E-state index contributed by atoms with van der Waals surface area (Å²) < 4.78 is 4.69. The number of imidazole rings is 1. The molecule has 47 heavy (non-hydrogen) atoms. The first-order chi connectivity index (χ1) is 22.5. The molecule has 0 radical (unpaired) electrons. The number of amides is 3. The molecule has 5 N–H and O–H groups in total. The molecule has 246 valence electrons. The van der Waals surface area contributed by atoms with Gasteiger partial charge in [0.15, 0.2) is 0 Å². The van der Waals surface area contributed by atoms with E-state index in [4.69, 9.17) is 4.74 Å². The van der Waals surface area contributed by atoms with Crippen LogP contribution in [0.4, 0.5) is 4.79 Å². The molecule has 1 aromatic heterocycles. The number of rotatable bonds is 14. The molecular formula is C35H39N5O6S. The van der Waals surface area contributed by atoms with Gasteiger partial charge in [-0.3, -0.25) is 9.59 Å². The van der Waals surface area contributed by atoms with E-state index in [9.17, 15) is 24.3 Å². The summed E-state index contributed by atoms with van der Waals surface area (Å²) in [7, 11) is 0. The molecule has 0 spiro atoms. The number of H-pyrrole nitrogens is 1. The number of carboxylic acids is 1. The quantitative estimate of drug-likeness (QED) is 0.126. The van der Waals surface area contributed by atoms with Crippen LogP contribution >= 0.6 is 11.8 Å². The van der Waals surface area contributed by atoms with Gasteiger partial charge in [-0.15, -0.1) is 11.8 Å². The highest BCUT2D eigenvalue weighted by Gasteiger charge is 2.39. The Morgan fingerprint density at radius 1 is 0.830 bits per heavy atom. The topological polar surface area (TPSA) is 163 Å². The standard InChI is InChI=1S/C35H39N5O6S/c1-34(2,3)46-33(45)40-29(31(42)37-21-30(41)39-28(32(43)44)19-27-20-36-23-38-27)22-47-35(24-13-7-4-8-14-24,25-15-9-5-10-16-25)26-17-11-6-12-18-26/h4-18,20,23,28-29H,19,21-22H2,1-3H3,(H,36,38)(H,37,42)(H,39,41)(H,40,45)(H,43,44)/t28-,29-/m1/s1. The van der Waals surface area contributed by atoms with Gasteiger partial charge in [-0.25, -0.2) is 14.6 Å². The molecule has 0 saturated carbocycles. The lowest BCUT2D eigenvalue weighted by atomic mass is 9.84. The number of hydrogen-bond acceptors (Lipinski definition) is 7. The Morgan fingerprint density at radius 2 is 1.36 bits per heavy atom. The van der Waals surface area contributed by atoms with Crippen LogP contribution in [0, 0.1) is 0 Å². The molecule has 3 amide bonds. The zero-order valence-electron chi connectivity index (χ0n) is 26.4. The van der Waals surface area contributed by atoms with Gasteiger partial charge in [-0.05, 0) is 37.5 Å². The summed E-state index contributed by atoms with van der Waals surface area (Å²) in [6.07, 6.45) is 2.07. The zero-order chi connectivity index (χ0) is 33.9. The maximum atomic E-state index is 13.6. The SMILES string of the molecule is CC(C)(C)OC(=O)N[C@H](CSC(c1ccccc1)(c1ccccc1)c1ccccc1)C(=O)NCC(=O)N[C@H](Cc1cnc[nH]1)C(=O)O. The van der Waals surface area contributed by atoms with Crippen LogP contribution in [0.3, 0.4) is 0 Å². The normalized spacial score (nSPS) is 12.7. The third-order valence-electron chi connectivity index (χ3n) is 7.05. The van der Waals surface area contributed by atoms with Crippen molar-refractivity contribution in [3.8, 4) is 0 Å². The first-order valence-corrected chi connectivity index (χ1v) is 16.0. The molecule has 2 atom stereocenters. The van der Waals surface area contributed by atoms with Crippen molar-refractivity contribution in [2.75, 3.05) is 12.3 Å². The number of carbonyl (C=O) groups excluding carboxylic acids is 3. The second kappa shape index (κ2) is 15.9. The summed E-state index contributed by atoms with van der Waals surface area (Å²) in [4.78, 5) is 57.8.